The average Bonchev–Trinajstić information content (AvgIpc) is 1.88. The zero-order chi connectivity index (χ0) is 10.6. The molecule has 7 heteroatoms. The van der Waals surface area contributed by atoms with Gasteiger partial charge in [0.05, 0.1) is 0 Å². The van der Waals surface area contributed by atoms with Crippen molar-refractivity contribution in [3.8, 4) is 0 Å². The van der Waals surface area contributed by atoms with Gasteiger partial charge in [0.1, 0.15) is 0 Å². The van der Waals surface area contributed by atoms with E-state index in [0.29, 0.717) is 0 Å². The van der Waals surface area contributed by atoms with E-state index in [9.17, 15) is 4.79 Å². The molecule has 8 N–H and O–H groups in total. The van der Waals surface area contributed by atoms with Crippen LogP contribution in [-0.2, 0) is 9.59 Å². The van der Waals surface area contributed by atoms with Gasteiger partial charge in [0.15, 0.2) is 0 Å². The molecule has 0 saturated carbocycles. The van der Waals surface area contributed by atoms with Crippen LogP contribution >= 0.6 is 0 Å². The number of hydrogen-bond acceptors (Lipinski definition) is 3. The molecule has 0 aromatic carbocycles. The number of carbonyl (C=O) groups is 3. The molecule has 70 valence electrons. The zero-order valence-electron chi connectivity index (χ0n) is 6.40. The van der Waals surface area contributed by atoms with Crippen LogP contribution in [0.2, 0.25) is 0 Å². The summed E-state index contributed by atoms with van der Waals surface area (Å²) in [6.07, 6.45) is 1.31. The Morgan fingerprint density at radius 2 is 1.25 bits per heavy atom. The summed E-state index contributed by atoms with van der Waals surface area (Å²) in [4.78, 5) is 27.1. The molecule has 0 aromatic heterocycles. The van der Waals surface area contributed by atoms with Crippen molar-refractivity contribution >= 4 is 18.3 Å². The van der Waals surface area contributed by atoms with Crippen LogP contribution < -0.4 is 22.9 Å². The average molecular weight is 176 g/mol. The third-order valence-corrected chi connectivity index (χ3v) is 0.201. The molecule has 0 bridgehead atoms. The van der Waals surface area contributed by atoms with Crippen LogP contribution in [0.15, 0.2) is 12.7 Å². The van der Waals surface area contributed by atoms with Crippen molar-refractivity contribution in [3.05, 3.63) is 12.7 Å². The maximum absolute atomic E-state index is 9.47. The van der Waals surface area contributed by atoms with Gasteiger partial charge in [-0.25, -0.2) is 4.79 Å². The minimum absolute atomic E-state index is 0.250. The second kappa shape index (κ2) is 16.0. The Labute approximate surface area is 69.4 Å². The fourth-order valence-corrected chi connectivity index (χ4v) is 0. The molecule has 0 aliphatic rings. The van der Waals surface area contributed by atoms with Crippen LogP contribution in [-0.4, -0.2) is 18.3 Å². The lowest BCUT2D eigenvalue weighted by Gasteiger charge is -1.65. The highest BCUT2D eigenvalue weighted by Crippen LogP contribution is 1.48. The Balaban J connectivity index is -0.000000105. The molecule has 0 fully saturated rings. The normalized spacial score (nSPS) is 5.67. The van der Waals surface area contributed by atoms with Crippen molar-refractivity contribution in [3.63, 3.8) is 0 Å². The summed E-state index contributed by atoms with van der Waals surface area (Å²) in [5, 5.41) is 0. The van der Waals surface area contributed by atoms with Crippen LogP contribution in [0.3, 0.4) is 0 Å². The fourth-order valence-electron chi connectivity index (χ4n) is 0. The third-order valence-electron chi connectivity index (χ3n) is 0.201. The van der Waals surface area contributed by atoms with E-state index < -0.39 is 11.9 Å². The van der Waals surface area contributed by atoms with Crippen LogP contribution in [0.5, 0.6) is 0 Å². The highest BCUT2D eigenvalue weighted by Gasteiger charge is 1.69. The van der Waals surface area contributed by atoms with E-state index in [2.05, 4.69) is 29.5 Å². The molecule has 0 atom stereocenters. The Bertz CT molecular complexity index is 153. The zero-order valence-corrected chi connectivity index (χ0v) is 6.40. The number of carbonyl (C=O) groups excluding carboxylic acids is 3. The van der Waals surface area contributed by atoms with E-state index >= 15 is 0 Å². The summed E-state index contributed by atoms with van der Waals surface area (Å²) >= 11 is 0. The van der Waals surface area contributed by atoms with Crippen molar-refractivity contribution < 1.29 is 14.4 Å². The molecular weight excluding hydrogens is 164 g/mol. The van der Waals surface area contributed by atoms with Gasteiger partial charge >= 0.3 is 6.03 Å². The lowest BCUT2D eigenvalue weighted by molar-refractivity contribution is -0.113. The van der Waals surface area contributed by atoms with Gasteiger partial charge in [-0.15, -0.1) is 0 Å². The summed E-state index contributed by atoms with van der Waals surface area (Å²) in [7, 11) is 0. The SMILES string of the molecule is C=CC(N)=O.NC(N)=O.NC=O. The topological polar surface area (TPSA) is 155 Å². The summed E-state index contributed by atoms with van der Waals surface area (Å²) in [6, 6.07) is -0.833. The monoisotopic (exact) mass is 176 g/mol. The predicted octanol–water partition coefficient (Wildman–Crippen LogP) is -2.22. The van der Waals surface area contributed by atoms with E-state index in [-0.39, 0.29) is 6.41 Å². The molecule has 0 rings (SSSR count). The molecule has 7 nitrogen and oxygen atoms in total. The quantitative estimate of drug-likeness (QED) is 0.264. The number of rotatable bonds is 1. The number of hydrogen-bond donors (Lipinski definition) is 4. The standard InChI is InChI=1S/C3H5NO.CH4N2O.CH3NO/c1-2-3(4)5;2-1(3)4;2-1-3/h2H,1H2,(H2,4,5);(H4,2,3,4);1H,(H2,2,3). The minimum atomic E-state index is -0.833. The highest BCUT2D eigenvalue weighted by molar-refractivity contribution is 5.84. The van der Waals surface area contributed by atoms with Crippen LogP contribution in [0.1, 0.15) is 0 Å². The van der Waals surface area contributed by atoms with Crippen molar-refractivity contribution in [2.45, 2.75) is 0 Å². The summed E-state index contributed by atoms with van der Waals surface area (Å²) in [6.45, 7) is 3.09. The first-order valence-electron chi connectivity index (χ1n) is 2.54. The van der Waals surface area contributed by atoms with E-state index in [1.54, 1.807) is 0 Å². The van der Waals surface area contributed by atoms with E-state index in [0.717, 1.165) is 6.08 Å². The summed E-state index contributed by atoms with van der Waals surface area (Å²) in [5.41, 5.74) is 17.2. The molecule has 12 heavy (non-hydrogen) atoms. The second-order valence-electron chi connectivity index (χ2n) is 1.14. The lowest BCUT2D eigenvalue weighted by atomic mass is 10.6. The summed E-state index contributed by atoms with van der Waals surface area (Å²) < 4.78 is 0. The van der Waals surface area contributed by atoms with Crippen molar-refractivity contribution in [2.24, 2.45) is 22.9 Å². The van der Waals surface area contributed by atoms with Gasteiger partial charge in [0, 0.05) is 0 Å². The van der Waals surface area contributed by atoms with Gasteiger partial charge in [0.25, 0.3) is 0 Å². The molecule has 0 radical (unpaired) electrons. The van der Waals surface area contributed by atoms with Gasteiger partial charge in [0.2, 0.25) is 12.3 Å². The molecule has 0 spiro atoms. The van der Waals surface area contributed by atoms with Crippen LogP contribution in [0.25, 0.3) is 0 Å². The molecule has 0 aliphatic carbocycles. The molecule has 0 saturated heterocycles. The van der Waals surface area contributed by atoms with Crippen molar-refractivity contribution in [2.75, 3.05) is 0 Å². The van der Waals surface area contributed by atoms with Gasteiger partial charge in [-0.1, -0.05) is 6.58 Å². The molecule has 0 aromatic rings. The first-order chi connectivity index (χ1) is 5.42. The van der Waals surface area contributed by atoms with Gasteiger partial charge in [-0.3, -0.25) is 9.59 Å². The smallest absolute Gasteiger partial charge is 0.309 e. The largest absolute Gasteiger partial charge is 0.372 e. The Hall–Kier alpha value is -2.05. The fraction of sp³-hybridized carbons (Fsp3) is 0. The molecule has 0 heterocycles. The van der Waals surface area contributed by atoms with E-state index in [1.165, 1.54) is 0 Å². The second-order valence-corrected chi connectivity index (χ2v) is 1.14. The van der Waals surface area contributed by atoms with E-state index in [4.69, 9.17) is 9.59 Å². The lowest BCUT2D eigenvalue weighted by Crippen LogP contribution is -2.18. The maximum atomic E-state index is 9.47. The van der Waals surface area contributed by atoms with Gasteiger partial charge in [-0.2, -0.15) is 0 Å². The minimum Gasteiger partial charge on any atom is -0.372 e. The Kier molecular flexibility index (Phi) is 22.0. The van der Waals surface area contributed by atoms with Crippen LogP contribution in [0.4, 0.5) is 4.79 Å². The Morgan fingerprint density at radius 3 is 1.25 bits per heavy atom. The van der Waals surface area contributed by atoms with Gasteiger partial charge < -0.3 is 22.9 Å². The molecule has 0 aliphatic heterocycles. The maximum Gasteiger partial charge on any atom is 0.309 e. The summed E-state index contributed by atoms with van der Waals surface area (Å²) in [5.74, 6) is -0.481. The number of primary amides is 4. The van der Waals surface area contributed by atoms with E-state index in [1.807, 2.05) is 0 Å². The predicted molar refractivity (Wildman–Crippen MR) is 43.4 cm³/mol. The molecule has 0 unspecified atom stereocenters. The molecule has 4 amide bonds. The van der Waals surface area contributed by atoms with Crippen molar-refractivity contribution in [1.29, 1.82) is 0 Å². The highest BCUT2D eigenvalue weighted by atomic mass is 16.2. The van der Waals surface area contributed by atoms with Gasteiger partial charge in [-0.05, 0) is 6.08 Å². The first kappa shape index (κ1) is 16.5. The number of nitrogens with two attached hydrogens (primary N) is 4. The third kappa shape index (κ3) is 154000. The molecular formula is C5H12N4O3. The number of urea groups is 1. The number of amides is 4. The first-order valence-corrected chi connectivity index (χ1v) is 2.54. The van der Waals surface area contributed by atoms with Crippen molar-refractivity contribution in [1.82, 2.24) is 0 Å². The Morgan fingerprint density at radius 1 is 1.17 bits per heavy atom. The van der Waals surface area contributed by atoms with Crippen LogP contribution in [0, 0.1) is 0 Å².